The van der Waals surface area contributed by atoms with Crippen LogP contribution in [0.2, 0.25) is 0 Å². The molecule has 1 aliphatic heterocycles. The Morgan fingerprint density at radius 1 is 1.25 bits per heavy atom. The topological polar surface area (TPSA) is 32.7 Å². The van der Waals surface area contributed by atoms with Crippen LogP contribution in [0.15, 0.2) is 22.9 Å². The maximum Gasteiger partial charge on any atom is 0.151 e. The Balaban J connectivity index is 2.25. The highest BCUT2D eigenvalue weighted by Gasteiger charge is 2.28. The van der Waals surface area contributed by atoms with Gasteiger partial charge in [0, 0.05) is 24.9 Å². The van der Waals surface area contributed by atoms with Gasteiger partial charge in [0.25, 0.3) is 0 Å². The summed E-state index contributed by atoms with van der Waals surface area (Å²) in [6.07, 6.45) is 11.5. The summed E-state index contributed by atoms with van der Waals surface area (Å²) < 4.78 is 5.26. The van der Waals surface area contributed by atoms with Gasteiger partial charge in [0.15, 0.2) is 6.23 Å². The Morgan fingerprint density at radius 3 is 2.70 bits per heavy atom. The first kappa shape index (κ1) is 15.6. The normalized spacial score (nSPS) is 24.1. The molecule has 0 bridgehead atoms. The van der Waals surface area contributed by atoms with Gasteiger partial charge >= 0.3 is 0 Å². The van der Waals surface area contributed by atoms with Crippen molar-refractivity contribution in [1.82, 2.24) is 4.90 Å². The zero-order valence-corrected chi connectivity index (χ0v) is 13.0. The van der Waals surface area contributed by atoms with Crippen molar-refractivity contribution in [3.05, 3.63) is 22.9 Å². The van der Waals surface area contributed by atoms with Crippen molar-refractivity contribution >= 4 is 0 Å². The Hall–Kier alpha value is -0.800. The van der Waals surface area contributed by atoms with E-state index in [0.29, 0.717) is 6.61 Å². The fourth-order valence-corrected chi connectivity index (χ4v) is 3.26. The maximum atomic E-state index is 10.6. The van der Waals surface area contributed by atoms with Gasteiger partial charge in [0.1, 0.15) is 0 Å². The number of allylic oxidation sites excluding steroid dienone is 3. The summed E-state index contributed by atoms with van der Waals surface area (Å²) in [6, 6.07) is 0. The van der Waals surface area contributed by atoms with E-state index >= 15 is 0 Å². The fraction of sp³-hybridized carbons (Fsp3) is 0.765. The van der Waals surface area contributed by atoms with Crippen molar-refractivity contribution in [3.63, 3.8) is 0 Å². The van der Waals surface area contributed by atoms with E-state index < -0.39 is 6.23 Å². The molecule has 0 aromatic heterocycles. The molecule has 0 saturated carbocycles. The Labute approximate surface area is 123 Å². The lowest BCUT2D eigenvalue weighted by atomic mass is 9.91. The minimum atomic E-state index is -0.486. The first-order chi connectivity index (χ1) is 9.77. The molecule has 0 spiro atoms. The molecular weight excluding hydrogens is 250 g/mol. The van der Waals surface area contributed by atoms with Gasteiger partial charge in [-0.25, -0.2) is 0 Å². The van der Waals surface area contributed by atoms with Crippen LogP contribution in [0.4, 0.5) is 0 Å². The molecular formula is C17H29NO2. The average Bonchev–Trinajstić information content (AvgIpc) is 2.42. The molecule has 0 radical (unpaired) electrons. The highest BCUT2D eigenvalue weighted by Crippen LogP contribution is 2.33. The predicted molar refractivity (Wildman–Crippen MR) is 82.3 cm³/mol. The first-order valence-electron chi connectivity index (χ1n) is 8.14. The van der Waals surface area contributed by atoms with Gasteiger partial charge in [-0.05, 0) is 37.7 Å². The standard InChI is InChI=1S/C17H29NO2/c1-3-4-11-18-16-10-8-6-5-7-9-14(16)12-15(13-20-2)17(18)19/h12,17,19H,3-11,13H2,1-2H3. The van der Waals surface area contributed by atoms with Crippen molar-refractivity contribution in [2.24, 2.45) is 0 Å². The fourth-order valence-electron chi connectivity index (χ4n) is 3.26. The summed E-state index contributed by atoms with van der Waals surface area (Å²) in [5, 5.41) is 10.6. The van der Waals surface area contributed by atoms with Crippen molar-refractivity contribution < 1.29 is 9.84 Å². The van der Waals surface area contributed by atoms with E-state index in [4.69, 9.17) is 4.74 Å². The zero-order chi connectivity index (χ0) is 14.4. The van der Waals surface area contributed by atoms with E-state index in [-0.39, 0.29) is 0 Å². The number of ether oxygens (including phenoxy) is 1. The van der Waals surface area contributed by atoms with E-state index in [1.165, 1.54) is 37.0 Å². The number of unbranched alkanes of at least 4 members (excludes halogenated alkanes) is 1. The van der Waals surface area contributed by atoms with Crippen LogP contribution < -0.4 is 0 Å². The van der Waals surface area contributed by atoms with E-state index in [2.05, 4.69) is 17.9 Å². The van der Waals surface area contributed by atoms with Crippen LogP contribution in [0.25, 0.3) is 0 Å². The van der Waals surface area contributed by atoms with Crippen LogP contribution in [0, 0.1) is 0 Å². The molecule has 0 aromatic rings. The molecule has 1 heterocycles. The minimum absolute atomic E-state index is 0.486. The van der Waals surface area contributed by atoms with Crippen molar-refractivity contribution in [3.8, 4) is 0 Å². The summed E-state index contributed by atoms with van der Waals surface area (Å²) >= 11 is 0. The van der Waals surface area contributed by atoms with Crippen LogP contribution >= 0.6 is 0 Å². The molecule has 0 aromatic carbocycles. The molecule has 2 aliphatic rings. The third kappa shape index (κ3) is 3.64. The zero-order valence-electron chi connectivity index (χ0n) is 13.0. The van der Waals surface area contributed by atoms with Crippen LogP contribution in [0.5, 0.6) is 0 Å². The van der Waals surface area contributed by atoms with Gasteiger partial charge in [-0.1, -0.05) is 32.3 Å². The summed E-state index contributed by atoms with van der Waals surface area (Å²) in [7, 11) is 1.70. The SMILES string of the molecule is CCCCN1C2=C(C=C(COC)C1O)CCCCCC2. The van der Waals surface area contributed by atoms with E-state index in [9.17, 15) is 5.11 Å². The third-order valence-electron chi connectivity index (χ3n) is 4.38. The largest absolute Gasteiger partial charge is 0.380 e. The monoisotopic (exact) mass is 279 g/mol. The number of hydrogen-bond acceptors (Lipinski definition) is 3. The molecule has 1 atom stereocenters. The van der Waals surface area contributed by atoms with Crippen LogP contribution in [-0.2, 0) is 4.74 Å². The first-order valence-corrected chi connectivity index (χ1v) is 8.14. The Morgan fingerprint density at radius 2 is 2.00 bits per heavy atom. The molecule has 1 unspecified atom stereocenters. The highest BCUT2D eigenvalue weighted by molar-refractivity contribution is 5.35. The molecule has 0 fully saturated rings. The molecule has 1 aliphatic carbocycles. The number of rotatable bonds is 5. The number of aliphatic hydroxyl groups is 1. The van der Waals surface area contributed by atoms with E-state index in [0.717, 1.165) is 37.8 Å². The molecule has 0 saturated heterocycles. The van der Waals surface area contributed by atoms with Gasteiger partial charge in [-0.2, -0.15) is 0 Å². The van der Waals surface area contributed by atoms with Gasteiger partial charge < -0.3 is 14.7 Å². The second-order valence-electron chi connectivity index (χ2n) is 5.96. The lowest BCUT2D eigenvalue weighted by Gasteiger charge is -2.39. The van der Waals surface area contributed by atoms with E-state index in [1.54, 1.807) is 7.11 Å². The number of nitrogens with zero attached hydrogens (tertiary/aromatic N) is 1. The van der Waals surface area contributed by atoms with Crippen molar-refractivity contribution in [2.45, 2.75) is 64.5 Å². The van der Waals surface area contributed by atoms with Gasteiger partial charge in [-0.15, -0.1) is 0 Å². The summed E-state index contributed by atoms with van der Waals surface area (Å²) in [4.78, 5) is 2.23. The number of methoxy groups -OCH3 is 1. The molecule has 114 valence electrons. The number of hydrogen-bond donors (Lipinski definition) is 1. The van der Waals surface area contributed by atoms with Gasteiger partial charge in [-0.3, -0.25) is 0 Å². The lowest BCUT2D eigenvalue weighted by Crippen LogP contribution is -2.41. The summed E-state index contributed by atoms with van der Waals surface area (Å²) in [6.45, 7) is 3.69. The molecule has 3 nitrogen and oxygen atoms in total. The molecule has 20 heavy (non-hydrogen) atoms. The molecule has 2 rings (SSSR count). The summed E-state index contributed by atoms with van der Waals surface area (Å²) in [5.74, 6) is 0. The van der Waals surface area contributed by atoms with Crippen molar-refractivity contribution in [2.75, 3.05) is 20.3 Å². The van der Waals surface area contributed by atoms with E-state index in [1.807, 2.05) is 0 Å². The van der Waals surface area contributed by atoms with Crippen LogP contribution in [0.1, 0.15) is 58.3 Å². The predicted octanol–water partition coefficient (Wildman–Crippen LogP) is 3.60. The third-order valence-corrected chi connectivity index (χ3v) is 4.38. The van der Waals surface area contributed by atoms with Gasteiger partial charge in [0.05, 0.1) is 6.61 Å². The number of aliphatic hydroxyl groups excluding tert-OH is 1. The minimum Gasteiger partial charge on any atom is -0.380 e. The smallest absolute Gasteiger partial charge is 0.151 e. The highest BCUT2D eigenvalue weighted by atomic mass is 16.5. The molecule has 0 amide bonds. The average molecular weight is 279 g/mol. The van der Waals surface area contributed by atoms with Gasteiger partial charge in [0.2, 0.25) is 0 Å². The quantitative estimate of drug-likeness (QED) is 0.834. The second-order valence-corrected chi connectivity index (χ2v) is 5.96. The molecule has 1 N–H and O–H groups in total. The van der Waals surface area contributed by atoms with Crippen LogP contribution in [-0.4, -0.2) is 36.5 Å². The molecule has 3 heteroatoms. The Bertz CT molecular complexity index is 373. The Kier molecular flexibility index (Phi) is 6.11. The lowest BCUT2D eigenvalue weighted by molar-refractivity contribution is 0.0376. The maximum absolute atomic E-state index is 10.6. The summed E-state index contributed by atoms with van der Waals surface area (Å²) in [5.41, 5.74) is 3.85. The van der Waals surface area contributed by atoms with Crippen molar-refractivity contribution in [1.29, 1.82) is 0 Å². The van der Waals surface area contributed by atoms with Crippen LogP contribution in [0.3, 0.4) is 0 Å². The second kappa shape index (κ2) is 7.84.